The molecule has 256 valence electrons. The highest BCUT2D eigenvalue weighted by Crippen LogP contribution is 2.45. The first-order valence-corrected chi connectivity index (χ1v) is 15.1. The molecular weight excluding hydrogens is 596 g/mol. The molecule has 0 amide bonds. The van der Waals surface area contributed by atoms with Crippen molar-refractivity contribution < 1.29 is 85.0 Å². The minimum atomic E-state index is -1.73. The Morgan fingerprint density at radius 1 is 0.500 bits per heavy atom. The smallest absolute Gasteiger partial charge is 0.187 e. The molecule has 3 aliphatic heterocycles. The summed E-state index contributed by atoms with van der Waals surface area (Å²) in [6.07, 6.45) is -23.5. The van der Waals surface area contributed by atoms with E-state index in [4.69, 9.17) is 23.7 Å². The fraction of sp³-hybridized carbons (Fsp3) is 1.00. The summed E-state index contributed by atoms with van der Waals surface area (Å²) < 4.78 is 29.7. The van der Waals surface area contributed by atoms with Crippen LogP contribution >= 0.6 is 0 Å². The van der Waals surface area contributed by atoms with Gasteiger partial charge in [0.25, 0.3) is 0 Å². The van der Waals surface area contributed by atoms with Crippen LogP contribution in [-0.2, 0) is 23.7 Å². The van der Waals surface area contributed by atoms with Gasteiger partial charge in [0, 0.05) is 12.3 Å². The molecule has 3 saturated heterocycles. The van der Waals surface area contributed by atoms with Crippen molar-refractivity contribution in [2.45, 2.75) is 142 Å². The molecule has 0 spiro atoms. The molecule has 17 nitrogen and oxygen atoms in total. The van der Waals surface area contributed by atoms with Gasteiger partial charge in [-0.05, 0) is 31.6 Å². The average molecular weight is 643 g/mol. The van der Waals surface area contributed by atoms with Gasteiger partial charge in [-0.1, -0.05) is 0 Å². The number of aliphatic hydroxyl groups excluding tert-OH is 12. The second-order valence-electron chi connectivity index (χ2n) is 12.8. The SMILES string of the molecule is OC[C@@H]1O[C@H](OC2CC(O)CC3OC(C4CC(O)C(O)C(O)C4)C(O[C@H]4O[C@@H](CO)[C@H](O)[C@@H](O)[C@@H]4O)CC32)[C@@H](O)[C@H](O)[C@H]1O. The van der Waals surface area contributed by atoms with E-state index in [2.05, 4.69) is 0 Å². The van der Waals surface area contributed by atoms with Crippen LogP contribution in [0.1, 0.15) is 32.1 Å². The van der Waals surface area contributed by atoms with E-state index in [9.17, 15) is 61.3 Å². The Balaban J connectivity index is 1.39. The molecule has 0 aromatic rings. The molecule has 5 rings (SSSR count). The normalized spacial score (nSPS) is 55.4. The molecule has 0 bridgehead atoms. The lowest BCUT2D eigenvalue weighted by Gasteiger charge is -2.52. The molecular formula is C27H46O17. The van der Waals surface area contributed by atoms with Gasteiger partial charge in [0.2, 0.25) is 0 Å². The van der Waals surface area contributed by atoms with Crippen molar-refractivity contribution in [2.24, 2.45) is 11.8 Å². The van der Waals surface area contributed by atoms with E-state index in [1.807, 2.05) is 0 Å². The second kappa shape index (κ2) is 14.2. The van der Waals surface area contributed by atoms with Gasteiger partial charge in [0.15, 0.2) is 12.6 Å². The van der Waals surface area contributed by atoms with Crippen LogP contribution in [0.3, 0.4) is 0 Å². The Hall–Kier alpha value is -0.680. The fourth-order valence-corrected chi connectivity index (χ4v) is 7.30. The molecule has 8 unspecified atom stereocenters. The minimum absolute atomic E-state index is 0.0160. The Morgan fingerprint density at radius 2 is 1.00 bits per heavy atom. The molecule has 44 heavy (non-hydrogen) atoms. The zero-order valence-corrected chi connectivity index (χ0v) is 23.9. The number of ether oxygens (including phenoxy) is 5. The minimum Gasteiger partial charge on any atom is -0.394 e. The molecule has 17 heteroatoms. The van der Waals surface area contributed by atoms with Crippen molar-refractivity contribution >= 4 is 0 Å². The van der Waals surface area contributed by atoms with E-state index in [1.54, 1.807) is 0 Å². The summed E-state index contributed by atoms with van der Waals surface area (Å²) in [5, 5.41) is 123. The van der Waals surface area contributed by atoms with Crippen LogP contribution in [0.15, 0.2) is 0 Å². The van der Waals surface area contributed by atoms with Crippen LogP contribution in [-0.4, -0.2) is 185 Å². The van der Waals surface area contributed by atoms with Crippen molar-refractivity contribution in [3.05, 3.63) is 0 Å². The third-order valence-corrected chi connectivity index (χ3v) is 9.82. The van der Waals surface area contributed by atoms with Gasteiger partial charge in [-0.15, -0.1) is 0 Å². The lowest BCUT2D eigenvalue weighted by Crippen LogP contribution is -2.63. The first kappa shape index (κ1) is 34.6. The van der Waals surface area contributed by atoms with Crippen molar-refractivity contribution in [1.29, 1.82) is 0 Å². The topological polar surface area (TPSA) is 289 Å². The zero-order chi connectivity index (χ0) is 32.0. The van der Waals surface area contributed by atoms with Crippen molar-refractivity contribution in [2.75, 3.05) is 13.2 Å². The van der Waals surface area contributed by atoms with Crippen LogP contribution in [0.2, 0.25) is 0 Å². The summed E-state index contributed by atoms with van der Waals surface area (Å²) in [4.78, 5) is 0. The van der Waals surface area contributed by atoms with Gasteiger partial charge in [-0.3, -0.25) is 0 Å². The summed E-state index contributed by atoms with van der Waals surface area (Å²) in [5.41, 5.74) is 0. The molecule has 2 saturated carbocycles. The van der Waals surface area contributed by atoms with Gasteiger partial charge in [-0.25, -0.2) is 0 Å². The monoisotopic (exact) mass is 642 g/mol. The van der Waals surface area contributed by atoms with E-state index in [0.29, 0.717) is 0 Å². The zero-order valence-electron chi connectivity index (χ0n) is 23.9. The summed E-state index contributed by atoms with van der Waals surface area (Å²) >= 11 is 0. The Kier molecular flexibility index (Phi) is 11.2. The van der Waals surface area contributed by atoms with Crippen LogP contribution < -0.4 is 0 Å². The van der Waals surface area contributed by atoms with Gasteiger partial charge < -0.3 is 85.0 Å². The lowest BCUT2D eigenvalue weighted by atomic mass is 9.72. The summed E-state index contributed by atoms with van der Waals surface area (Å²) in [5.74, 6) is -1.15. The molecule has 2 aliphatic carbocycles. The summed E-state index contributed by atoms with van der Waals surface area (Å²) in [7, 11) is 0. The predicted octanol–water partition coefficient (Wildman–Crippen LogP) is -6.22. The highest BCUT2D eigenvalue weighted by molar-refractivity contribution is 5.01. The third kappa shape index (κ3) is 6.81. The molecule has 0 aromatic carbocycles. The number of aliphatic hydroxyl groups is 12. The van der Waals surface area contributed by atoms with E-state index in [1.165, 1.54) is 0 Å². The number of hydrogen-bond donors (Lipinski definition) is 12. The molecule has 0 aromatic heterocycles. The maximum Gasteiger partial charge on any atom is 0.187 e. The van der Waals surface area contributed by atoms with Crippen LogP contribution in [0, 0.1) is 11.8 Å². The number of rotatable bonds is 7. The predicted molar refractivity (Wildman–Crippen MR) is 140 cm³/mol. The van der Waals surface area contributed by atoms with E-state index < -0.39 is 135 Å². The number of fused-ring (bicyclic) bond motifs is 1. The standard InChI is InChI=1S/C27H46O17/c28-6-16-19(34)21(36)23(38)26(43-16)41-14-4-9(30)3-13-10(14)5-15(25(40-13)8-1-11(31)18(33)12(32)2-8)42-27-24(39)22(37)20(35)17(7-29)44-27/h8-39H,1-7H2/t8?,9?,10?,11?,12?,13?,14?,15?,16-,17-,18?,19-,20-,21+,22+,23-,24-,25?,26-,27-/m0/s1. The highest BCUT2D eigenvalue weighted by Gasteiger charge is 2.54. The van der Waals surface area contributed by atoms with Crippen LogP contribution in [0.4, 0.5) is 0 Å². The maximum absolute atomic E-state index is 10.7. The van der Waals surface area contributed by atoms with Crippen molar-refractivity contribution in [1.82, 2.24) is 0 Å². The van der Waals surface area contributed by atoms with Gasteiger partial charge in [-0.2, -0.15) is 0 Å². The summed E-state index contributed by atoms with van der Waals surface area (Å²) in [6, 6.07) is 0. The van der Waals surface area contributed by atoms with Gasteiger partial charge in [0.1, 0.15) is 54.9 Å². The maximum atomic E-state index is 10.7. The second-order valence-corrected chi connectivity index (χ2v) is 12.8. The first-order valence-electron chi connectivity index (χ1n) is 15.1. The first-order chi connectivity index (χ1) is 20.8. The molecule has 0 radical (unpaired) electrons. The van der Waals surface area contributed by atoms with Gasteiger partial charge >= 0.3 is 0 Å². The molecule has 18 atom stereocenters. The van der Waals surface area contributed by atoms with E-state index >= 15 is 0 Å². The Labute approximate surface area is 252 Å². The van der Waals surface area contributed by atoms with Crippen molar-refractivity contribution in [3.63, 3.8) is 0 Å². The van der Waals surface area contributed by atoms with Crippen molar-refractivity contribution in [3.8, 4) is 0 Å². The Bertz CT molecular complexity index is 915. The third-order valence-electron chi connectivity index (χ3n) is 9.82. The molecule has 12 N–H and O–H groups in total. The Morgan fingerprint density at radius 3 is 1.50 bits per heavy atom. The quantitative estimate of drug-likeness (QED) is 0.123. The fourth-order valence-electron chi connectivity index (χ4n) is 7.30. The average Bonchev–Trinajstić information content (AvgIpc) is 2.99. The number of hydrogen-bond acceptors (Lipinski definition) is 17. The van der Waals surface area contributed by atoms with E-state index in [-0.39, 0.29) is 32.1 Å². The largest absolute Gasteiger partial charge is 0.394 e. The van der Waals surface area contributed by atoms with Gasteiger partial charge in [0.05, 0.1) is 55.9 Å². The molecule has 5 fully saturated rings. The molecule has 5 aliphatic rings. The van der Waals surface area contributed by atoms with E-state index in [0.717, 1.165) is 0 Å². The van der Waals surface area contributed by atoms with Crippen LogP contribution in [0.5, 0.6) is 0 Å². The summed E-state index contributed by atoms with van der Waals surface area (Å²) in [6.45, 7) is -1.36. The van der Waals surface area contributed by atoms with Crippen LogP contribution in [0.25, 0.3) is 0 Å². The lowest BCUT2D eigenvalue weighted by molar-refractivity contribution is -0.345. The molecule has 3 heterocycles. The highest BCUT2D eigenvalue weighted by atomic mass is 16.7.